The Morgan fingerprint density at radius 3 is 2.67 bits per heavy atom. The number of hydrogen-bond acceptors (Lipinski definition) is 4. The molecule has 5 nitrogen and oxygen atoms in total. The number of carbonyl (C=O) groups is 2. The van der Waals surface area contributed by atoms with Crippen LogP contribution in [-0.2, 0) is 9.59 Å². The van der Waals surface area contributed by atoms with Crippen molar-refractivity contribution in [1.29, 1.82) is 0 Å². The minimum Gasteiger partial charge on any atom is -0.306 e. The summed E-state index contributed by atoms with van der Waals surface area (Å²) in [6, 6.07) is 0.0491. The third kappa shape index (κ3) is 2.57. The molecule has 0 saturated carbocycles. The summed E-state index contributed by atoms with van der Waals surface area (Å²) in [5, 5.41) is 3.39. The summed E-state index contributed by atoms with van der Waals surface area (Å²) in [6.45, 7) is 6.62. The third-order valence-corrected chi connectivity index (χ3v) is 4.08. The number of piperidine rings is 1. The fourth-order valence-electron chi connectivity index (χ4n) is 3.01. The summed E-state index contributed by atoms with van der Waals surface area (Å²) in [6.07, 6.45) is 1.37. The summed E-state index contributed by atoms with van der Waals surface area (Å²) in [5.74, 6) is 0.427. The van der Waals surface area contributed by atoms with Gasteiger partial charge in [0.15, 0.2) is 0 Å². The molecule has 0 aromatic heterocycles. The van der Waals surface area contributed by atoms with Gasteiger partial charge in [0.1, 0.15) is 0 Å². The van der Waals surface area contributed by atoms with E-state index in [4.69, 9.17) is 0 Å². The first-order chi connectivity index (χ1) is 8.52. The maximum Gasteiger partial charge on any atom is 0.246 e. The molecule has 3 unspecified atom stereocenters. The van der Waals surface area contributed by atoms with Crippen molar-refractivity contribution in [3.05, 3.63) is 0 Å². The van der Waals surface area contributed by atoms with E-state index < -0.39 is 0 Å². The van der Waals surface area contributed by atoms with E-state index in [9.17, 15) is 9.59 Å². The standard InChI is InChI=1S/C13H23N3O2/c1-4-16-12(17)7-11(13(16)18)14-10-5-6-15(3)8-9(10)2/h9-11,14H,4-8H2,1-3H3. The van der Waals surface area contributed by atoms with Crippen molar-refractivity contribution in [3.8, 4) is 0 Å². The molecule has 2 rings (SSSR count). The highest BCUT2D eigenvalue weighted by molar-refractivity contribution is 6.05. The maximum absolute atomic E-state index is 12.0. The second-order valence-electron chi connectivity index (χ2n) is 5.53. The third-order valence-electron chi connectivity index (χ3n) is 4.08. The van der Waals surface area contributed by atoms with Crippen molar-refractivity contribution in [2.75, 3.05) is 26.7 Å². The Hall–Kier alpha value is -0.940. The molecule has 2 aliphatic heterocycles. The van der Waals surface area contributed by atoms with Gasteiger partial charge in [-0.3, -0.25) is 14.5 Å². The van der Waals surface area contributed by atoms with E-state index in [-0.39, 0.29) is 17.9 Å². The summed E-state index contributed by atoms with van der Waals surface area (Å²) in [7, 11) is 2.12. The molecule has 102 valence electrons. The van der Waals surface area contributed by atoms with E-state index in [2.05, 4.69) is 24.2 Å². The van der Waals surface area contributed by atoms with Crippen LogP contribution in [0.2, 0.25) is 0 Å². The van der Waals surface area contributed by atoms with Gasteiger partial charge in [0, 0.05) is 19.1 Å². The first kappa shape index (κ1) is 13.5. The van der Waals surface area contributed by atoms with Gasteiger partial charge in [0.05, 0.1) is 12.5 Å². The largest absolute Gasteiger partial charge is 0.306 e. The first-order valence-electron chi connectivity index (χ1n) is 6.81. The minimum absolute atomic E-state index is 0.0411. The van der Waals surface area contributed by atoms with Gasteiger partial charge < -0.3 is 10.2 Å². The van der Waals surface area contributed by atoms with Gasteiger partial charge in [0.25, 0.3) is 0 Å². The summed E-state index contributed by atoms with van der Waals surface area (Å²) in [4.78, 5) is 27.3. The fourth-order valence-corrected chi connectivity index (χ4v) is 3.01. The SMILES string of the molecule is CCN1C(=O)CC(NC2CCN(C)CC2C)C1=O. The lowest BCUT2D eigenvalue weighted by molar-refractivity contribution is -0.138. The Balaban J connectivity index is 1.94. The van der Waals surface area contributed by atoms with Crippen LogP contribution >= 0.6 is 0 Å². The predicted octanol–water partition coefficient (Wildman–Crippen LogP) is 0.0636. The van der Waals surface area contributed by atoms with E-state index in [0.717, 1.165) is 19.5 Å². The summed E-state index contributed by atoms with van der Waals surface area (Å²) in [5.41, 5.74) is 0. The van der Waals surface area contributed by atoms with Crippen LogP contribution < -0.4 is 5.32 Å². The summed E-state index contributed by atoms with van der Waals surface area (Å²) < 4.78 is 0. The maximum atomic E-state index is 12.0. The number of likely N-dealkylation sites (tertiary alicyclic amines) is 2. The smallest absolute Gasteiger partial charge is 0.246 e. The number of likely N-dealkylation sites (N-methyl/N-ethyl adjacent to an activating group) is 1. The molecule has 5 heteroatoms. The number of nitrogens with zero attached hydrogens (tertiary/aromatic N) is 2. The molecule has 1 N–H and O–H groups in total. The number of nitrogens with one attached hydrogen (secondary N) is 1. The molecule has 2 fully saturated rings. The van der Waals surface area contributed by atoms with Gasteiger partial charge in [-0.25, -0.2) is 0 Å². The summed E-state index contributed by atoms with van der Waals surface area (Å²) >= 11 is 0. The van der Waals surface area contributed by atoms with Gasteiger partial charge in [-0.1, -0.05) is 6.92 Å². The zero-order valence-corrected chi connectivity index (χ0v) is 11.5. The van der Waals surface area contributed by atoms with Gasteiger partial charge in [-0.2, -0.15) is 0 Å². The van der Waals surface area contributed by atoms with Gasteiger partial charge in [-0.05, 0) is 32.9 Å². The molecule has 18 heavy (non-hydrogen) atoms. The Kier molecular flexibility index (Phi) is 4.02. The second-order valence-corrected chi connectivity index (χ2v) is 5.53. The minimum atomic E-state index is -0.298. The van der Waals surface area contributed by atoms with Crippen LogP contribution in [0.1, 0.15) is 26.7 Å². The van der Waals surface area contributed by atoms with Crippen molar-refractivity contribution in [3.63, 3.8) is 0 Å². The zero-order valence-electron chi connectivity index (χ0n) is 11.5. The van der Waals surface area contributed by atoms with Gasteiger partial charge >= 0.3 is 0 Å². The van der Waals surface area contributed by atoms with E-state index in [1.165, 1.54) is 4.90 Å². The van der Waals surface area contributed by atoms with Gasteiger partial charge in [0.2, 0.25) is 11.8 Å². The predicted molar refractivity (Wildman–Crippen MR) is 69.0 cm³/mol. The Bertz CT molecular complexity index is 345. The van der Waals surface area contributed by atoms with Crippen LogP contribution in [-0.4, -0.2) is 60.4 Å². The highest BCUT2D eigenvalue weighted by Crippen LogP contribution is 2.19. The molecule has 0 aliphatic carbocycles. The number of carbonyl (C=O) groups excluding carboxylic acids is 2. The molecule has 0 spiro atoms. The van der Waals surface area contributed by atoms with E-state index >= 15 is 0 Å². The Labute approximate surface area is 108 Å². The van der Waals surface area contributed by atoms with Crippen LogP contribution in [0.15, 0.2) is 0 Å². The zero-order chi connectivity index (χ0) is 13.3. The van der Waals surface area contributed by atoms with Crippen molar-refractivity contribution in [1.82, 2.24) is 15.1 Å². The Morgan fingerprint density at radius 2 is 2.11 bits per heavy atom. The van der Waals surface area contributed by atoms with Crippen LogP contribution in [0.3, 0.4) is 0 Å². The average molecular weight is 253 g/mol. The normalized spacial score (nSPS) is 34.4. The second kappa shape index (κ2) is 5.36. The van der Waals surface area contributed by atoms with Crippen LogP contribution in [0, 0.1) is 5.92 Å². The quantitative estimate of drug-likeness (QED) is 0.723. The van der Waals surface area contributed by atoms with Crippen LogP contribution in [0.25, 0.3) is 0 Å². The first-order valence-corrected chi connectivity index (χ1v) is 6.81. The lowest BCUT2D eigenvalue weighted by Crippen LogP contribution is -2.52. The highest BCUT2D eigenvalue weighted by Gasteiger charge is 2.39. The number of hydrogen-bond donors (Lipinski definition) is 1. The average Bonchev–Trinajstić information content (AvgIpc) is 2.58. The van der Waals surface area contributed by atoms with Crippen LogP contribution in [0.5, 0.6) is 0 Å². The van der Waals surface area contributed by atoms with E-state index in [1.807, 2.05) is 6.92 Å². The molecule has 0 bridgehead atoms. The topological polar surface area (TPSA) is 52.7 Å². The molecular weight excluding hydrogens is 230 g/mol. The number of amides is 2. The molecule has 2 heterocycles. The van der Waals surface area contributed by atoms with Crippen molar-refractivity contribution in [2.24, 2.45) is 5.92 Å². The number of imide groups is 1. The molecule has 0 aromatic rings. The molecule has 2 saturated heterocycles. The van der Waals surface area contributed by atoms with Crippen molar-refractivity contribution in [2.45, 2.75) is 38.8 Å². The van der Waals surface area contributed by atoms with Gasteiger partial charge in [-0.15, -0.1) is 0 Å². The highest BCUT2D eigenvalue weighted by atomic mass is 16.2. The van der Waals surface area contributed by atoms with E-state index in [0.29, 0.717) is 24.9 Å². The number of rotatable bonds is 3. The Morgan fingerprint density at radius 1 is 1.39 bits per heavy atom. The fraction of sp³-hybridized carbons (Fsp3) is 0.846. The molecular formula is C13H23N3O2. The molecule has 2 amide bonds. The lowest BCUT2D eigenvalue weighted by Gasteiger charge is -2.36. The monoisotopic (exact) mass is 253 g/mol. The van der Waals surface area contributed by atoms with Crippen molar-refractivity contribution < 1.29 is 9.59 Å². The lowest BCUT2D eigenvalue weighted by atomic mass is 9.93. The molecule has 3 atom stereocenters. The molecule has 2 aliphatic rings. The van der Waals surface area contributed by atoms with E-state index in [1.54, 1.807) is 0 Å². The molecule has 0 radical (unpaired) electrons. The molecule has 0 aromatic carbocycles. The van der Waals surface area contributed by atoms with Crippen molar-refractivity contribution >= 4 is 11.8 Å². The van der Waals surface area contributed by atoms with Crippen LogP contribution in [0.4, 0.5) is 0 Å².